The fraction of sp³-hybridized carbons (Fsp3) is 0.583. The number of aliphatic hydroxyl groups is 1. The number of carbonyl (C=O) groups is 1. The van der Waals surface area contributed by atoms with E-state index in [1.54, 1.807) is 0 Å². The van der Waals surface area contributed by atoms with Gasteiger partial charge in [0.25, 0.3) is 0 Å². The third kappa shape index (κ3) is 1.96. The fourth-order valence-corrected chi connectivity index (χ4v) is 2.52. The van der Waals surface area contributed by atoms with Crippen LogP contribution in [0.25, 0.3) is 0 Å². The van der Waals surface area contributed by atoms with Crippen LogP contribution in [0.2, 0.25) is 0 Å². The lowest BCUT2D eigenvalue weighted by molar-refractivity contribution is -0.0652. The van der Waals surface area contributed by atoms with E-state index in [4.69, 9.17) is 9.52 Å². The van der Waals surface area contributed by atoms with Gasteiger partial charge in [-0.25, -0.2) is 4.79 Å². The molecular formula is C12H17NO4. The number of hydrogen-bond acceptors (Lipinski definition) is 4. The van der Waals surface area contributed by atoms with Crippen molar-refractivity contribution >= 4 is 5.97 Å². The molecule has 1 aromatic heterocycles. The quantitative estimate of drug-likeness (QED) is 0.738. The topological polar surface area (TPSA) is 82.7 Å². The van der Waals surface area contributed by atoms with Crippen LogP contribution in [0.1, 0.15) is 35.9 Å². The lowest BCUT2D eigenvalue weighted by Crippen LogP contribution is -2.48. The first kappa shape index (κ1) is 12.1. The van der Waals surface area contributed by atoms with Gasteiger partial charge in [0.15, 0.2) is 0 Å². The van der Waals surface area contributed by atoms with Crippen LogP contribution in [0.4, 0.5) is 0 Å². The molecule has 1 aromatic rings. The van der Waals surface area contributed by atoms with Gasteiger partial charge >= 0.3 is 5.97 Å². The van der Waals surface area contributed by atoms with Crippen molar-refractivity contribution in [3.63, 3.8) is 0 Å². The van der Waals surface area contributed by atoms with Gasteiger partial charge in [-0.2, -0.15) is 0 Å². The maximum atomic E-state index is 11.1. The van der Waals surface area contributed by atoms with Crippen LogP contribution in [0, 0.1) is 5.92 Å². The molecule has 94 valence electrons. The first-order valence-electron chi connectivity index (χ1n) is 5.84. The maximum absolute atomic E-state index is 11.1. The minimum Gasteiger partial charge on any atom is -0.478 e. The molecule has 5 nitrogen and oxygen atoms in total. The number of furan rings is 1. The van der Waals surface area contributed by atoms with Crippen LogP contribution < -0.4 is 5.32 Å². The second-order valence-electron chi connectivity index (χ2n) is 4.45. The summed E-state index contributed by atoms with van der Waals surface area (Å²) in [7, 11) is 0. The highest BCUT2D eigenvalue weighted by atomic mass is 16.4. The molecule has 0 aromatic carbocycles. The third-order valence-corrected chi connectivity index (χ3v) is 3.53. The van der Waals surface area contributed by atoms with Gasteiger partial charge in [0, 0.05) is 12.5 Å². The molecule has 1 saturated heterocycles. The van der Waals surface area contributed by atoms with Crippen molar-refractivity contribution in [2.24, 2.45) is 5.92 Å². The summed E-state index contributed by atoms with van der Waals surface area (Å²) in [6.45, 7) is 3.31. The SMILES string of the molecule is CCC1CNCCC1(O)c1occc1C(=O)O. The monoisotopic (exact) mass is 239 g/mol. The molecule has 2 atom stereocenters. The molecule has 17 heavy (non-hydrogen) atoms. The highest BCUT2D eigenvalue weighted by molar-refractivity contribution is 5.89. The van der Waals surface area contributed by atoms with Gasteiger partial charge in [0.05, 0.1) is 6.26 Å². The Kier molecular flexibility index (Phi) is 3.22. The number of piperidine rings is 1. The van der Waals surface area contributed by atoms with E-state index in [9.17, 15) is 9.90 Å². The Morgan fingerprint density at radius 1 is 1.71 bits per heavy atom. The fourth-order valence-electron chi connectivity index (χ4n) is 2.52. The molecule has 1 aliphatic rings. The molecule has 2 rings (SSSR count). The van der Waals surface area contributed by atoms with Crippen molar-refractivity contribution in [2.75, 3.05) is 13.1 Å². The number of rotatable bonds is 3. The Bertz CT molecular complexity index is 414. The summed E-state index contributed by atoms with van der Waals surface area (Å²) in [6, 6.07) is 1.39. The molecule has 2 unspecified atom stereocenters. The number of aromatic carboxylic acids is 1. The average Bonchev–Trinajstić information content (AvgIpc) is 2.79. The maximum Gasteiger partial charge on any atom is 0.339 e. The van der Waals surface area contributed by atoms with Crippen molar-refractivity contribution in [2.45, 2.75) is 25.4 Å². The molecule has 0 aliphatic carbocycles. The van der Waals surface area contributed by atoms with E-state index in [1.807, 2.05) is 6.92 Å². The average molecular weight is 239 g/mol. The van der Waals surface area contributed by atoms with E-state index >= 15 is 0 Å². The predicted molar refractivity (Wildman–Crippen MR) is 60.8 cm³/mol. The van der Waals surface area contributed by atoms with Crippen LogP contribution in [0.3, 0.4) is 0 Å². The molecule has 3 N–H and O–H groups in total. The number of hydrogen-bond donors (Lipinski definition) is 3. The van der Waals surface area contributed by atoms with Crippen molar-refractivity contribution in [1.82, 2.24) is 5.32 Å². The summed E-state index contributed by atoms with van der Waals surface area (Å²) < 4.78 is 5.24. The summed E-state index contributed by atoms with van der Waals surface area (Å²) in [5, 5.41) is 23.0. The Hall–Kier alpha value is -1.33. The molecular weight excluding hydrogens is 222 g/mol. The van der Waals surface area contributed by atoms with Gasteiger partial charge in [-0.1, -0.05) is 6.92 Å². The van der Waals surface area contributed by atoms with E-state index in [2.05, 4.69) is 5.32 Å². The van der Waals surface area contributed by atoms with E-state index in [-0.39, 0.29) is 17.2 Å². The molecule has 0 radical (unpaired) electrons. The predicted octanol–water partition coefficient (Wildman–Crippen LogP) is 1.18. The Balaban J connectivity index is 2.41. The zero-order valence-corrected chi connectivity index (χ0v) is 9.77. The van der Waals surface area contributed by atoms with E-state index in [0.717, 1.165) is 6.42 Å². The standard InChI is InChI=1S/C12H17NO4/c1-2-8-7-13-5-4-12(8,16)10-9(11(14)15)3-6-17-10/h3,6,8,13,16H,2,4-5,7H2,1H3,(H,14,15). The van der Waals surface area contributed by atoms with Crippen molar-refractivity contribution in [3.8, 4) is 0 Å². The zero-order chi connectivity index (χ0) is 12.5. The minimum atomic E-state index is -1.17. The third-order valence-electron chi connectivity index (χ3n) is 3.53. The molecule has 2 heterocycles. The number of carboxylic acids is 1. The molecule has 0 amide bonds. The van der Waals surface area contributed by atoms with E-state index in [1.165, 1.54) is 12.3 Å². The Morgan fingerprint density at radius 2 is 2.47 bits per heavy atom. The van der Waals surface area contributed by atoms with Crippen LogP contribution in [-0.4, -0.2) is 29.3 Å². The van der Waals surface area contributed by atoms with E-state index < -0.39 is 11.6 Å². The zero-order valence-electron chi connectivity index (χ0n) is 9.77. The van der Waals surface area contributed by atoms with Gasteiger partial charge in [-0.15, -0.1) is 0 Å². The van der Waals surface area contributed by atoms with Crippen LogP contribution in [-0.2, 0) is 5.60 Å². The lowest BCUT2D eigenvalue weighted by Gasteiger charge is -2.38. The first-order chi connectivity index (χ1) is 8.09. The number of carboxylic acid groups (broad SMARTS) is 1. The summed E-state index contributed by atoms with van der Waals surface area (Å²) >= 11 is 0. The van der Waals surface area contributed by atoms with Crippen LogP contribution in [0.5, 0.6) is 0 Å². The molecule has 0 saturated carbocycles. The second kappa shape index (κ2) is 4.50. The highest BCUT2D eigenvalue weighted by Gasteiger charge is 2.44. The number of nitrogens with one attached hydrogen (secondary N) is 1. The van der Waals surface area contributed by atoms with Gasteiger partial charge < -0.3 is 19.9 Å². The van der Waals surface area contributed by atoms with E-state index in [0.29, 0.717) is 19.5 Å². The van der Waals surface area contributed by atoms with Crippen LogP contribution in [0.15, 0.2) is 16.7 Å². The first-order valence-corrected chi connectivity index (χ1v) is 5.84. The minimum absolute atomic E-state index is 0.0273. The molecule has 0 bridgehead atoms. The highest BCUT2D eigenvalue weighted by Crippen LogP contribution is 2.39. The van der Waals surface area contributed by atoms with Crippen LogP contribution >= 0.6 is 0 Å². The van der Waals surface area contributed by atoms with Crippen molar-refractivity contribution < 1.29 is 19.4 Å². The second-order valence-corrected chi connectivity index (χ2v) is 4.45. The van der Waals surface area contributed by atoms with Gasteiger partial charge in [0.1, 0.15) is 16.9 Å². The molecule has 5 heteroatoms. The summed E-state index contributed by atoms with van der Waals surface area (Å²) in [6.07, 6.45) is 2.56. The lowest BCUT2D eigenvalue weighted by atomic mass is 9.77. The Labute approximate surface area is 99.4 Å². The van der Waals surface area contributed by atoms with Crippen molar-refractivity contribution in [1.29, 1.82) is 0 Å². The summed E-state index contributed by atoms with van der Waals surface area (Å²) in [4.78, 5) is 11.1. The van der Waals surface area contributed by atoms with Gasteiger partial charge in [-0.05, 0) is 25.5 Å². The molecule has 0 spiro atoms. The van der Waals surface area contributed by atoms with Gasteiger partial charge in [-0.3, -0.25) is 0 Å². The van der Waals surface area contributed by atoms with Gasteiger partial charge in [0.2, 0.25) is 0 Å². The normalized spacial score (nSPS) is 29.2. The molecule has 1 aliphatic heterocycles. The van der Waals surface area contributed by atoms with Crippen molar-refractivity contribution in [3.05, 3.63) is 23.7 Å². The smallest absolute Gasteiger partial charge is 0.339 e. The Morgan fingerprint density at radius 3 is 3.12 bits per heavy atom. The summed E-state index contributed by atoms with van der Waals surface area (Å²) in [5.41, 5.74) is -1.11. The molecule has 1 fully saturated rings. The summed E-state index contributed by atoms with van der Waals surface area (Å²) in [5.74, 6) is -0.894. The largest absolute Gasteiger partial charge is 0.478 e.